The van der Waals surface area contributed by atoms with Crippen molar-refractivity contribution in [1.29, 1.82) is 0 Å². The minimum atomic E-state index is -4.44. The molecule has 0 aliphatic rings. The Morgan fingerprint density at radius 2 is 2.21 bits per heavy atom. The lowest BCUT2D eigenvalue weighted by molar-refractivity contribution is -0.141. The van der Waals surface area contributed by atoms with Crippen molar-refractivity contribution in [2.24, 2.45) is 0 Å². The van der Waals surface area contributed by atoms with Crippen LogP contribution in [-0.4, -0.2) is 16.5 Å². The molecule has 0 radical (unpaired) electrons. The lowest BCUT2D eigenvalue weighted by Crippen LogP contribution is -2.11. The van der Waals surface area contributed by atoms with Gasteiger partial charge in [-0.05, 0) is 6.07 Å². The number of alkyl halides is 3. The fourth-order valence-electron chi connectivity index (χ4n) is 0.765. The SMILES string of the molecule is C=CCNc1nccc(C(F)(F)F)n1. The topological polar surface area (TPSA) is 37.8 Å². The summed E-state index contributed by atoms with van der Waals surface area (Å²) in [6.45, 7) is 3.73. The predicted molar refractivity (Wildman–Crippen MR) is 45.7 cm³/mol. The first-order chi connectivity index (χ1) is 6.54. The molecule has 0 fully saturated rings. The van der Waals surface area contributed by atoms with Crippen LogP contribution in [-0.2, 0) is 6.18 Å². The molecule has 0 aromatic carbocycles. The molecule has 76 valence electrons. The predicted octanol–water partition coefficient (Wildman–Crippen LogP) is 2.09. The third-order valence-electron chi connectivity index (χ3n) is 1.35. The van der Waals surface area contributed by atoms with Crippen LogP contribution in [0, 0.1) is 0 Å². The zero-order chi connectivity index (χ0) is 10.6. The summed E-state index contributed by atoms with van der Waals surface area (Å²) in [5, 5.41) is 2.57. The Bertz CT molecular complexity index is 322. The number of hydrogen-bond acceptors (Lipinski definition) is 3. The monoisotopic (exact) mass is 203 g/mol. The summed E-state index contributed by atoms with van der Waals surface area (Å²) in [5.74, 6) is -0.0558. The van der Waals surface area contributed by atoms with Crippen LogP contribution in [0.5, 0.6) is 0 Å². The number of nitrogens with zero attached hydrogens (tertiary/aromatic N) is 2. The highest BCUT2D eigenvalue weighted by molar-refractivity contribution is 5.26. The first kappa shape index (κ1) is 10.5. The van der Waals surface area contributed by atoms with E-state index < -0.39 is 11.9 Å². The van der Waals surface area contributed by atoms with Crippen molar-refractivity contribution in [2.45, 2.75) is 6.18 Å². The van der Waals surface area contributed by atoms with Gasteiger partial charge in [0.2, 0.25) is 5.95 Å². The van der Waals surface area contributed by atoms with Gasteiger partial charge in [0, 0.05) is 12.7 Å². The maximum absolute atomic E-state index is 12.2. The molecule has 14 heavy (non-hydrogen) atoms. The molecular weight excluding hydrogens is 195 g/mol. The Labute approximate surface area is 78.7 Å². The van der Waals surface area contributed by atoms with Crippen LogP contribution >= 0.6 is 0 Å². The molecular formula is C8H8F3N3. The fourth-order valence-corrected chi connectivity index (χ4v) is 0.765. The number of anilines is 1. The molecule has 1 rings (SSSR count). The minimum Gasteiger partial charge on any atom is -0.351 e. The molecule has 0 spiro atoms. The van der Waals surface area contributed by atoms with Crippen LogP contribution in [0.15, 0.2) is 24.9 Å². The zero-order valence-electron chi connectivity index (χ0n) is 7.17. The van der Waals surface area contributed by atoms with E-state index in [1.165, 1.54) is 6.08 Å². The van der Waals surface area contributed by atoms with Crippen molar-refractivity contribution < 1.29 is 13.2 Å². The summed E-state index contributed by atoms with van der Waals surface area (Å²) in [6, 6.07) is 0.819. The summed E-state index contributed by atoms with van der Waals surface area (Å²) in [6.07, 6.45) is -1.88. The largest absolute Gasteiger partial charge is 0.433 e. The molecule has 3 nitrogen and oxygen atoms in total. The summed E-state index contributed by atoms with van der Waals surface area (Å²) in [4.78, 5) is 6.91. The summed E-state index contributed by atoms with van der Waals surface area (Å²) in [5.41, 5.74) is -0.959. The molecule has 0 bridgehead atoms. The molecule has 0 unspecified atom stereocenters. The van der Waals surface area contributed by atoms with E-state index in [0.29, 0.717) is 6.54 Å². The molecule has 0 amide bonds. The second kappa shape index (κ2) is 4.08. The van der Waals surface area contributed by atoms with E-state index in [9.17, 15) is 13.2 Å². The number of aromatic nitrogens is 2. The van der Waals surface area contributed by atoms with Crippen molar-refractivity contribution in [3.05, 3.63) is 30.6 Å². The minimum absolute atomic E-state index is 0.0558. The van der Waals surface area contributed by atoms with Gasteiger partial charge in [-0.15, -0.1) is 6.58 Å². The molecule has 0 saturated heterocycles. The Kier molecular flexibility index (Phi) is 3.06. The average molecular weight is 203 g/mol. The molecule has 1 aromatic rings. The van der Waals surface area contributed by atoms with Crippen LogP contribution in [0.3, 0.4) is 0 Å². The Morgan fingerprint density at radius 1 is 1.50 bits per heavy atom. The number of rotatable bonds is 3. The summed E-state index contributed by atoms with van der Waals surface area (Å²) < 4.78 is 36.5. The smallest absolute Gasteiger partial charge is 0.351 e. The van der Waals surface area contributed by atoms with E-state index in [4.69, 9.17) is 0 Å². The van der Waals surface area contributed by atoms with E-state index in [-0.39, 0.29) is 5.95 Å². The first-order valence-electron chi connectivity index (χ1n) is 3.79. The fraction of sp³-hybridized carbons (Fsp3) is 0.250. The van der Waals surface area contributed by atoms with Gasteiger partial charge in [0.05, 0.1) is 0 Å². The Hall–Kier alpha value is -1.59. The van der Waals surface area contributed by atoms with Gasteiger partial charge in [0.25, 0.3) is 0 Å². The highest BCUT2D eigenvalue weighted by Crippen LogP contribution is 2.27. The first-order valence-corrected chi connectivity index (χ1v) is 3.79. The van der Waals surface area contributed by atoms with Crippen molar-refractivity contribution in [1.82, 2.24) is 9.97 Å². The normalized spacial score (nSPS) is 11.1. The van der Waals surface area contributed by atoms with Crippen molar-refractivity contribution in [3.63, 3.8) is 0 Å². The molecule has 6 heteroatoms. The van der Waals surface area contributed by atoms with Crippen LogP contribution in [0.4, 0.5) is 19.1 Å². The van der Waals surface area contributed by atoms with Crippen molar-refractivity contribution in [3.8, 4) is 0 Å². The standard InChI is InChI=1S/C8H8F3N3/c1-2-4-12-7-13-5-3-6(14-7)8(9,10)11/h2-3,5H,1,4H2,(H,12,13,14). The van der Waals surface area contributed by atoms with Gasteiger partial charge in [0.15, 0.2) is 0 Å². The van der Waals surface area contributed by atoms with Crippen LogP contribution in [0.1, 0.15) is 5.69 Å². The molecule has 1 heterocycles. The summed E-state index contributed by atoms with van der Waals surface area (Å²) >= 11 is 0. The third kappa shape index (κ3) is 2.72. The van der Waals surface area contributed by atoms with Gasteiger partial charge in [-0.1, -0.05) is 6.08 Å². The quantitative estimate of drug-likeness (QED) is 0.764. The molecule has 0 aliphatic carbocycles. The van der Waals surface area contributed by atoms with Gasteiger partial charge in [0.1, 0.15) is 5.69 Å². The van der Waals surface area contributed by atoms with Gasteiger partial charge in [-0.2, -0.15) is 13.2 Å². The number of halogens is 3. The molecule has 0 aliphatic heterocycles. The van der Waals surface area contributed by atoms with E-state index in [2.05, 4.69) is 21.9 Å². The van der Waals surface area contributed by atoms with E-state index in [1.54, 1.807) is 0 Å². The van der Waals surface area contributed by atoms with E-state index in [0.717, 1.165) is 12.3 Å². The van der Waals surface area contributed by atoms with Crippen molar-refractivity contribution in [2.75, 3.05) is 11.9 Å². The van der Waals surface area contributed by atoms with Crippen LogP contribution in [0.2, 0.25) is 0 Å². The van der Waals surface area contributed by atoms with Gasteiger partial charge >= 0.3 is 6.18 Å². The zero-order valence-corrected chi connectivity index (χ0v) is 7.17. The molecule has 1 aromatic heterocycles. The second-order valence-electron chi connectivity index (χ2n) is 2.43. The highest BCUT2D eigenvalue weighted by Gasteiger charge is 2.32. The number of hydrogen-bond donors (Lipinski definition) is 1. The van der Waals surface area contributed by atoms with Crippen LogP contribution in [0.25, 0.3) is 0 Å². The molecule has 0 atom stereocenters. The maximum Gasteiger partial charge on any atom is 0.433 e. The average Bonchev–Trinajstić information content (AvgIpc) is 2.14. The van der Waals surface area contributed by atoms with Gasteiger partial charge in [-0.3, -0.25) is 0 Å². The van der Waals surface area contributed by atoms with Crippen molar-refractivity contribution >= 4 is 5.95 Å². The third-order valence-corrected chi connectivity index (χ3v) is 1.35. The maximum atomic E-state index is 12.2. The lowest BCUT2D eigenvalue weighted by Gasteiger charge is -2.06. The number of nitrogens with one attached hydrogen (secondary N) is 1. The Morgan fingerprint density at radius 3 is 2.79 bits per heavy atom. The lowest BCUT2D eigenvalue weighted by atomic mass is 10.4. The van der Waals surface area contributed by atoms with E-state index >= 15 is 0 Å². The summed E-state index contributed by atoms with van der Waals surface area (Å²) in [7, 11) is 0. The highest BCUT2D eigenvalue weighted by atomic mass is 19.4. The van der Waals surface area contributed by atoms with E-state index in [1.807, 2.05) is 0 Å². The van der Waals surface area contributed by atoms with Gasteiger partial charge in [-0.25, -0.2) is 9.97 Å². The van der Waals surface area contributed by atoms with Gasteiger partial charge < -0.3 is 5.32 Å². The molecule has 1 N–H and O–H groups in total. The second-order valence-corrected chi connectivity index (χ2v) is 2.43. The molecule has 0 saturated carbocycles. The van der Waals surface area contributed by atoms with Crippen LogP contribution < -0.4 is 5.32 Å². The Balaban J connectivity index is 2.84.